The van der Waals surface area contributed by atoms with Crippen LogP contribution in [-0.4, -0.2) is 73.2 Å². The van der Waals surface area contributed by atoms with Gasteiger partial charge in [0.1, 0.15) is 23.3 Å². The average molecular weight is 674 g/mol. The first-order valence-corrected chi connectivity index (χ1v) is 17.2. The Labute approximate surface area is 290 Å². The van der Waals surface area contributed by atoms with Crippen molar-refractivity contribution in [3.8, 4) is 11.5 Å². The van der Waals surface area contributed by atoms with E-state index in [-0.39, 0.29) is 12.0 Å². The van der Waals surface area contributed by atoms with Crippen LogP contribution in [0, 0.1) is 0 Å². The zero-order chi connectivity index (χ0) is 34.6. The monoisotopic (exact) mass is 673 g/mol. The molecule has 1 aliphatic heterocycles. The molecule has 1 aliphatic rings. The zero-order valence-corrected chi connectivity index (χ0v) is 29.6. The molecule has 2 atom stereocenters. The van der Waals surface area contributed by atoms with Gasteiger partial charge in [0.15, 0.2) is 0 Å². The number of aryl methyl sites for hydroxylation is 1. The molecule has 2 heterocycles. The second kappa shape index (κ2) is 17.5. The van der Waals surface area contributed by atoms with Crippen molar-refractivity contribution < 1.29 is 33.2 Å². The first-order valence-electron chi connectivity index (χ1n) is 17.2. The molecule has 264 valence electrons. The number of aromatic nitrogens is 2. The van der Waals surface area contributed by atoms with Crippen LogP contribution in [0.5, 0.6) is 11.5 Å². The van der Waals surface area contributed by atoms with Crippen LogP contribution in [0.15, 0.2) is 72.9 Å². The molecule has 0 saturated carbocycles. The van der Waals surface area contributed by atoms with E-state index in [4.69, 9.17) is 28.4 Å². The predicted molar refractivity (Wildman–Crippen MR) is 189 cm³/mol. The highest BCUT2D eigenvalue weighted by Gasteiger charge is 2.35. The number of rotatable bonds is 16. The van der Waals surface area contributed by atoms with Gasteiger partial charge in [-0.15, -0.1) is 0 Å². The van der Waals surface area contributed by atoms with E-state index in [0.717, 1.165) is 59.3 Å². The maximum absolute atomic E-state index is 13.3. The summed E-state index contributed by atoms with van der Waals surface area (Å²) < 4.78 is 36.7. The number of nitrogens with zero attached hydrogens (tertiary/aromatic N) is 3. The number of hydrogen-bond acceptors (Lipinski definition) is 8. The number of benzene rings is 3. The van der Waals surface area contributed by atoms with Crippen LogP contribution in [0.1, 0.15) is 69.1 Å². The van der Waals surface area contributed by atoms with Gasteiger partial charge in [-0.05, 0) is 81.3 Å². The van der Waals surface area contributed by atoms with Crippen LogP contribution in [0.3, 0.4) is 0 Å². The molecule has 49 heavy (non-hydrogen) atoms. The van der Waals surface area contributed by atoms with Crippen molar-refractivity contribution in [2.24, 2.45) is 0 Å². The van der Waals surface area contributed by atoms with E-state index >= 15 is 0 Å². The zero-order valence-electron chi connectivity index (χ0n) is 29.6. The van der Waals surface area contributed by atoms with Crippen LogP contribution in [0.4, 0.5) is 4.79 Å². The minimum absolute atomic E-state index is 0.228. The lowest BCUT2D eigenvalue weighted by atomic mass is 9.88. The Morgan fingerprint density at radius 2 is 1.76 bits per heavy atom. The first kappa shape index (κ1) is 36.2. The molecule has 5 rings (SSSR count). The molecule has 0 aliphatic carbocycles. The number of amides is 1. The third-order valence-electron chi connectivity index (χ3n) is 8.55. The van der Waals surface area contributed by atoms with Crippen LogP contribution >= 0.6 is 0 Å². The minimum atomic E-state index is -0.595. The highest BCUT2D eigenvalue weighted by molar-refractivity contribution is 5.79. The number of carbonyl (C=O) groups excluding carboxylic acids is 1. The molecule has 3 aromatic carbocycles. The molecule has 1 fully saturated rings. The fraction of sp³-hybridized carbons (Fsp3) is 0.487. The number of likely N-dealkylation sites (tertiary alicyclic amines) is 1. The lowest BCUT2D eigenvalue weighted by Gasteiger charge is -2.39. The maximum atomic E-state index is 13.3. The summed E-state index contributed by atoms with van der Waals surface area (Å²) in [6.07, 6.45) is 4.26. The molecule has 10 heteroatoms. The van der Waals surface area contributed by atoms with Crippen molar-refractivity contribution in [2.45, 2.75) is 84.0 Å². The Morgan fingerprint density at radius 3 is 2.53 bits per heavy atom. The summed E-state index contributed by atoms with van der Waals surface area (Å²) in [6.45, 7) is 9.70. The minimum Gasteiger partial charge on any atom is -0.496 e. The lowest BCUT2D eigenvalue weighted by Crippen LogP contribution is -2.48. The van der Waals surface area contributed by atoms with Crippen LogP contribution in [0.2, 0.25) is 0 Å². The molecular formula is C39H51N3O7. The summed E-state index contributed by atoms with van der Waals surface area (Å²) in [6, 6.07) is 22.4. The summed E-state index contributed by atoms with van der Waals surface area (Å²) in [5.74, 6) is 1.89. The quantitative estimate of drug-likeness (QED) is 0.112. The Balaban J connectivity index is 1.16. The molecule has 0 radical (unpaired) electrons. The molecular weight excluding hydrogens is 622 g/mol. The largest absolute Gasteiger partial charge is 0.496 e. The Morgan fingerprint density at radius 1 is 0.939 bits per heavy atom. The van der Waals surface area contributed by atoms with E-state index in [2.05, 4.69) is 35.4 Å². The fourth-order valence-electron chi connectivity index (χ4n) is 6.04. The SMILES string of the molecule is COCCCn1ncc2ccc(COC3CC(c4ccc(OCCCOCc5ccccc5OC)cc4)CCN3C(=O)OC(C)(C)C)cc21. The number of ether oxygens (including phenoxy) is 6. The van der Waals surface area contributed by atoms with Gasteiger partial charge in [-0.1, -0.05) is 42.5 Å². The summed E-state index contributed by atoms with van der Waals surface area (Å²) in [7, 11) is 3.38. The van der Waals surface area contributed by atoms with Crippen molar-refractivity contribution >= 4 is 17.0 Å². The van der Waals surface area contributed by atoms with Crippen molar-refractivity contribution in [2.75, 3.05) is 40.6 Å². The summed E-state index contributed by atoms with van der Waals surface area (Å²) in [4.78, 5) is 15.0. The number of hydrogen-bond donors (Lipinski definition) is 0. The third kappa shape index (κ3) is 10.4. The van der Waals surface area contributed by atoms with Gasteiger partial charge in [0, 0.05) is 44.2 Å². The molecule has 0 spiro atoms. The van der Waals surface area contributed by atoms with Crippen molar-refractivity contribution in [1.29, 1.82) is 0 Å². The first-order chi connectivity index (χ1) is 23.7. The smallest absolute Gasteiger partial charge is 0.412 e. The molecule has 0 N–H and O–H groups in total. The maximum Gasteiger partial charge on any atom is 0.412 e. The van der Waals surface area contributed by atoms with E-state index in [9.17, 15) is 4.79 Å². The average Bonchev–Trinajstić information content (AvgIpc) is 3.50. The standard InChI is InChI=1S/C39H51N3O7/c1-39(2,3)49-38(43)41-20-18-31(25-37(41)48-27-29-12-13-32-26-40-42(35(32)24-29)19-8-21-44-4)30-14-16-34(17-15-30)47-23-9-22-46-28-33-10-6-7-11-36(33)45-5/h6-7,10-17,24,26,31,37H,8-9,18-23,25,27-28H2,1-5H3. The molecule has 2 unspecified atom stereocenters. The van der Waals surface area contributed by atoms with Gasteiger partial charge in [-0.25, -0.2) is 4.79 Å². The normalized spacial score (nSPS) is 16.6. The van der Waals surface area contributed by atoms with Gasteiger partial charge in [0.2, 0.25) is 0 Å². The van der Waals surface area contributed by atoms with Crippen LogP contribution in [-0.2, 0) is 38.7 Å². The lowest BCUT2D eigenvalue weighted by molar-refractivity contribution is -0.0938. The molecule has 0 bridgehead atoms. The molecule has 4 aromatic rings. The van der Waals surface area contributed by atoms with E-state index in [1.165, 1.54) is 5.56 Å². The second-order valence-corrected chi connectivity index (χ2v) is 13.4. The van der Waals surface area contributed by atoms with E-state index in [1.807, 2.05) is 68.0 Å². The van der Waals surface area contributed by atoms with Gasteiger partial charge in [0.25, 0.3) is 0 Å². The Kier molecular flexibility index (Phi) is 12.9. The van der Waals surface area contributed by atoms with Crippen molar-refractivity contribution in [1.82, 2.24) is 14.7 Å². The van der Waals surface area contributed by atoms with E-state index in [0.29, 0.717) is 46.0 Å². The van der Waals surface area contributed by atoms with Gasteiger partial charge >= 0.3 is 6.09 Å². The number of piperidine rings is 1. The van der Waals surface area contributed by atoms with E-state index < -0.39 is 11.8 Å². The van der Waals surface area contributed by atoms with Gasteiger partial charge in [0.05, 0.1) is 45.3 Å². The van der Waals surface area contributed by atoms with Crippen LogP contribution < -0.4 is 9.47 Å². The van der Waals surface area contributed by atoms with Gasteiger partial charge in [-0.2, -0.15) is 5.10 Å². The van der Waals surface area contributed by atoms with Crippen molar-refractivity contribution in [3.63, 3.8) is 0 Å². The topological polar surface area (TPSA) is 93.5 Å². The highest BCUT2D eigenvalue weighted by Crippen LogP contribution is 2.34. The third-order valence-corrected chi connectivity index (χ3v) is 8.55. The second-order valence-electron chi connectivity index (χ2n) is 13.4. The summed E-state index contributed by atoms with van der Waals surface area (Å²) >= 11 is 0. The van der Waals surface area contributed by atoms with Crippen molar-refractivity contribution in [3.05, 3.63) is 89.6 Å². The number of carbonyl (C=O) groups is 1. The molecule has 1 amide bonds. The summed E-state index contributed by atoms with van der Waals surface area (Å²) in [5.41, 5.74) is 3.73. The number of fused-ring (bicyclic) bond motifs is 1. The van der Waals surface area contributed by atoms with Gasteiger partial charge in [-0.3, -0.25) is 9.58 Å². The fourth-order valence-corrected chi connectivity index (χ4v) is 6.04. The highest BCUT2D eigenvalue weighted by atomic mass is 16.6. The molecule has 1 saturated heterocycles. The number of para-hydroxylation sites is 1. The summed E-state index contributed by atoms with van der Waals surface area (Å²) in [5, 5.41) is 5.64. The molecule has 1 aromatic heterocycles. The predicted octanol–water partition coefficient (Wildman–Crippen LogP) is 7.72. The van der Waals surface area contributed by atoms with Gasteiger partial charge < -0.3 is 28.4 Å². The Hall–Kier alpha value is -4.12. The van der Waals surface area contributed by atoms with Crippen LogP contribution in [0.25, 0.3) is 10.9 Å². The van der Waals surface area contributed by atoms with E-state index in [1.54, 1.807) is 19.1 Å². The Bertz CT molecular complexity index is 1620. The number of methoxy groups -OCH3 is 2. The molecule has 10 nitrogen and oxygen atoms in total.